The average molecular weight is 307 g/mol. The number of carbonyl (C=O) groups excluding carboxylic acids is 1. The molecule has 0 saturated carbocycles. The van der Waals surface area contributed by atoms with Crippen molar-refractivity contribution in [3.05, 3.63) is 66.2 Å². The number of hydrogen-bond donors (Lipinski definition) is 2. The summed E-state index contributed by atoms with van der Waals surface area (Å²) in [7, 11) is 0. The van der Waals surface area contributed by atoms with Crippen LogP contribution in [0.25, 0.3) is 11.4 Å². The Morgan fingerprint density at radius 3 is 2.78 bits per heavy atom. The van der Waals surface area contributed by atoms with Gasteiger partial charge in [0.15, 0.2) is 5.82 Å². The second-order valence-corrected chi connectivity index (χ2v) is 5.24. The van der Waals surface area contributed by atoms with Crippen molar-refractivity contribution in [2.75, 3.05) is 0 Å². The second kappa shape index (κ2) is 6.83. The number of benzene rings is 1. The van der Waals surface area contributed by atoms with Crippen LogP contribution < -0.4 is 5.32 Å². The van der Waals surface area contributed by atoms with E-state index in [2.05, 4.69) is 25.5 Å². The SMILES string of the molecule is CC(NC(=O)Cc1ccccc1)c1nc(-c2cccnc2)n[nH]1. The molecule has 2 heterocycles. The number of hydrogen-bond acceptors (Lipinski definition) is 4. The van der Waals surface area contributed by atoms with E-state index in [4.69, 9.17) is 0 Å². The van der Waals surface area contributed by atoms with Crippen LogP contribution in [0.1, 0.15) is 24.4 Å². The molecule has 0 spiro atoms. The Balaban J connectivity index is 1.63. The first-order valence-corrected chi connectivity index (χ1v) is 7.38. The Bertz CT molecular complexity index is 770. The summed E-state index contributed by atoms with van der Waals surface area (Å²) in [6.45, 7) is 1.87. The topological polar surface area (TPSA) is 83.6 Å². The average Bonchev–Trinajstić information content (AvgIpc) is 3.06. The monoisotopic (exact) mass is 307 g/mol. The Morgan fingerprint density at radius 1 is 1.22 bits per heavy atom. The number of aromatic nitrogens is 4. The minimum Gasteiger partial charge on any atom is -0.346 e. The highest BCUT2D eigenvalue weighted by Gasteiger charge is 2.15. The van der Waals surface area contributed by atoms with Gasteiger partial charge < -0.3 is 5.32 Å². The number of amides is 1. The van der Waals surface area contributed by atoms with Crippen LogP contribution in [0.3, 0.4) is 0 Å². The van der Waals surface area contributed by atoms with Crippen LogP contribution in [-0.4, -0.2) is 26.1 Å². The van der Waals surface area contributed by atoms with Crippen LogP contribution in [0.2, 0.25) is 0 Å². The fourth-order valence-electron chi connectivity index (χ4n) is 2.23. The summed E-state index contributed by atoms with van der Waals surface area (Å²) >= 11 is 0. The normalized spacial score (nSPS) is 11.9. The highest BCUT2D eigenvalue weighted by atomic mass is 16.1. The molecule has 2 N–H and O–H groups in total. The summed E-state index contributed by atoms with van der Waals surface area (Å²) in [6, 6.07) is 13.1. The predicted octanol–water partition coefficient (Wildman–Crippen LogP) is 2.29. The third kappa shape index (κ3) is 3.79. The van der Waals surface area contributed by atoms with E-state index in [-0.39, 0.29) is 11.9 Å². The minimum atomic E-state index is -0.246. The van der Waals surface area contributed by atoms with Crippen LogP contribution in [0.4, 0.5) is 0 Å². The first-order valence-electron chi connectivity index (χ1n) is 7.38. The van der Waals surface area contributed by atoms with Gasteiger partial charge in [0.05, 0.1) is 12.5 Å². The predicted molar refractivity (Wildman–Crippen MR) is 86.3 cm³/mol. The molecule has 0 saturated heterocycles. The summed E-state index contributed by atoms with van der Waals surface area (Å²) in [6.07, 6.45) is 3.74. The zero-order valence-electron chi connectivity index (χ0n) is 12.7. The molecular weight excluding hydrogens is 290 g/mol. The lowest BCUT2D eigenvalue weighted by atomic mass is 10.1. The molecule has 1 unspecified atom stereocenters. The Hall–Kier alpha value is -3.02. The largest absolute Gasteiger partial charge is 0.346 e. The molecule has 2 aromatic heterocycles. The van der Waals surface area contributed by atoms with E-state index in [1.165, 1.54) is 0 Å². The van der Waals surface area contributed by atoms with E-state index in [0.29, 0.717) is 18.1 Å². The minimum absolute atomic E-state index is 0.0528. The van der Waals surface area contributed by atoms with Crippen molar-refractivity contribution in [1.82, 2.24) is 25.5 Å². The molecular formula is C17H17N5O. The Labute approximate surface area is 134 Å². The van der Waals surface area contributed by atoms with Gasteiger partial charge in [-0.05, 0) is 24.6 Å². The fraction of sp³-hybridized carbons (Fsp3) is 0.176. The zero-order chi connectivity index (χ0) is 16.1. The lowest BCUT2D eigenvalue weighted by Gasteiger charge is -2.10. The molecule has 0 radical (unpaired) electrons. The van der Waals surface area contributed by atoms with Gasteiger partial charge in [-0.15, -0.1) is 0 Å². The van der Waals surface area contributed by atoms with Gasteiger partial charge in [-0.2, -0.15) is 5.10 Å². The van der Waals surface area contributed by atoms with E-state index >= 15 is 0 Å². The van der Waals surface area contributed by atoms with Crippen molar-refractivity contribution >= 4 is 5.91 Å². The van der Waals surface area contributed by atoms with Crippen molar-refractivity contribution in [3.8, 4) is 11.4 Å². The van der Waals surface area contributed by atoms with E-state index in [1.807, 2.05) is 49.4 Å². The van der Waals surface area contributed by atoms with Crippen molar-refractivity contribution < 1.29 is 4.79 Å². The molecule has 3 rings (SSSR count). The number of H-pyrrole nitrogens is 1. The Kier molecular flexibility index (Phi) is 4.42. The van der Waals surface area contributed by atoms with Gasteiger partial charge in [0.2, 0.25) is 5.91 Å². The summed E-state index contributed by atoms with van der Waals surface area (Å²) in [5, 5.41) is 9.96. The summed E-state index contributed by atoms with van der Waals surface area (Å²) in [4.78, 5) is 20.6. The van der Waals surface area contributed by atoms with Crippen molar-refractivity contribution in [3.63, 3.8) is 0 Å². The van der Waals surface area contributed by atoms with E-state index < -0.39 is 0 Å². The fourth-order valence-corrected chi connectivity index (χ4v) is 2.23. The summed E-state index contributed by atoms with van der Waals surface area (Å²) in [5.41, 5.74) is 1.81. The molecule has 23 heavy (non-hydrogen) atoms. The maximum absolute atomic E-state index is 12.1. The smallest absolute Gasteiger partial charge is 0.224 e. The van der Waals surface area contributed by atoms with Gasteiger partial charge in [0.25, 0.3) is 0 Å². The van der Waals surface area contributed by atoms with Gasteiger partial charge in [0, 0.05) is 18.0 Å². The molecule has 1 amide bonds. The van der Waals surface area contributed by atoms with Crippen LogP contribution in [0.15, 0.2) is 54.9 Å². The van der Waals surface area contributed by atoms with Gasteiger partial charge >= 0.3 is 0 Å². The Morgan fingerprint density at radius 2 is 2.04 bits per heavy atom. The standard InChI is InChI=1S/C17H17N5O/c1-12(19-15(23)10-13-6-3-2-4-7-13)16-20-17(22-21-16)14-8-5-9-18-11-14/h2-9,11-12H,10H2,1H3,(H,19,23)(H,20,21,22). The maximum atomic E-state index is 12.1. The van der Waals surface area contributed by atoms with Crippen LogP contribution >= 0.6 is 0 Å². The zero-order valence-corrected chi connectivity index (χ0v) is 12.7. The third-order valence-electron chi connectivity index (χ3n) is 3.42. The van der Waals surface area contributed by atoms with E-state index in [9.17, 15) is 4.79 Å². The first-order chi connectivity index (χ1) is 11.2. The number of pyridine rings is 1. The van der Waals surface area contributed by atoms with Gasteiger partial charge in [-0.3, -0.25) is 14.9 Å². The molecule has 1 atom stereocenters. The van der Waals surface area contributed by atoms with Gasteiger partial charge in [-0.1, -0.05) is 30.3 Å². The molecule has 6 heteroatoms. The highest BCUT2D eigenvalue weighted by Crippen LogP contribution is 2.15. The molecule has 0 aliphatic heterocycles. The van der Waals surface area contributed by atoms with Crippen molar-refractivity contribution in [2.45, 2.75) is 19.4 Å². The van der Waals surface area contributed by atoms with Crippen LogP contribution in [-0.2, 0) is 11.2 Å². The lowest BCUT2D eigenvalue weighted by Crippen LogP contribution is -2.28. The number of nitrogens with one attached hydrogen (secondary N) is 2. The first kappa shape index (κ1) is 14.9. The molecule has 3 aromatic rings. The number of nitrogens with zero attached hydrogens (tertiary/aromatic N) is 3. The molecule has 0 bridgehead atoms. The van der Waals surface area contributed by atoms with E-state index in [0.717, 1.165) is 11.1 Å². The quantitative estimate of drug-likeness (QED) is 0.757. The molecule has 1 aromatic carbocycles. The van der Waals surface area contributed by atoms with Gasteiger partial charge in [-0.25, -0.2) is 4.98 Å². The maximum Gasteiger partial charge on any atom is 0.224 e. The third-order valence-corrected chi connectivity index (χ3v) is 3.42. The molecule has 0 fully saturated rings. The molecule has 0 aliphatic carbocycles. The summed E-state index contributed by atoms with van der Waals surface area (Å²) in [5.74, 6) is 1.13. The highest BCUT2D eigenvalue weighted by molar-refractivity contribution is 5.78. The summed E-state index contributed by atoms with van der Waals surface area (Å²) < 4.78 is 0. The van der Waals surface area contributed by atoms with Gasteiger partial charge in [0.1, 0.15) is 5.82 Å². The van der Waals surface area contributed by atoms with E-state index in [1.54, 1.807) is 12.4 Å². The molecule has 6 nitrogen and oxygen atoms in total. The lowest BCUT2D eigenvalue weighted by molar-refractivity contribution is -0.121. The van der Waals surface area contributed by atoms with Crippen LogP contribution in [0, 0.1) is 0 Å². The van der Waals surface area contributed by atoms with Crippen LogP contribution in [0.5, 0.6) is 0 Å². The number of aromatic amines is 1. The van der Waals surface area contributed by atoms with Crippen molar-refractivity contribution in [1.29, 1.82) is 0 Å². The molecule has 116 valence electrons. The number of rotatable bonds is 5. The number of carbonyl (C=O) groups is 1. The van der Waals surface area contributed by atoms with Crippen molar-refractivity contribution in [2.24, 2.45) is 0 Å². The molecule has 0 aliphatic rings. The second-order valence-electron chi connectivity index (χ2n) is 5.24.